The second kappa shape index (κ2) is 5.37. The Balaban J connectivity index is 1.81. The van der Waals surface area contributed by atoms with E-state index < -0.39 is 9.84 Å². The van der Waals surface area contributed by atoms with Gasteiger partial charge in [0.25, 0.3) is 0 Å². The van der Waals surface area contributed by atoms with Crippen molar-refractivity contribution in [3.63, 3.8) is 0 Å². The van der Waals surface area contributed by atoms with E-state index in [1.807, 2.05) is 31.3 Å². The molecule has 0 spiro atoms. The smallest absolute Gasteiger partial charge is 0.178 e. The number of aromatic nitrogens is 1. The summed E-state index contributed by atoms with van der Waals surface area (Å²) in [5.74, 6) is 0.131. The number of fused-ring (bicyclic) bond motifs is 1. The maximum Gasteiger partial charge on any atom is 0.178 e. The molecule has 3 nitrogen and oxygen atoms in total. The molecule has 1 aromatic heterocycles. The fourth-order valence-corrected chi connectivity index (χ4v) is 3.77. The number of sulfone groups is 1. The summed E-state index contributed by atoms with van der Waals surface area (Å²) in [7, 11) is -3.22. The van der Waals surface area contributed by atoms with E-state index in [-0.39, 0.29) is 5.75 Å². The SMILES string of the molecule is Cc1c[nH]c2ccc(CCS(=O)(=O)c3ccccc3)cc12. The maximum absolute atomic E-state index is 12.3. The van der Waals surface area contributed by atoms with Crippen LogP contribution in [0.3, 0.4) is 0 Å². The molecule has 0 fully saturated rings. The zero-order valence-electron chi connectivity index (χ0n) is 11.8. The third-order valence-electron chi connectivity index (χ3n) is 3.71. The van der Waals surface area contributed by atoms with Crippen LogP contribution in [0.15, 0.2) is 59.6 Å². The van der Waals surface area contributed by atoms with Crippen molar-refractivity contribution >= 4 is 20.7 Å². The third kappa shape index (κ3) is 2.85. The van der Waals surface area contributed by atoms with Crippen LogP contribution in [-0.2, 0) is 16.3 Å². The fourth-order valence-electron chi connectivity index (χ4n) is 2.46. The topological polar surface area (TPSA) is 49.9 Å². The van der Waals surface area contributed by atoms with Crippen LogP contribution in [0.1, 0.15) is 11.1 Å². The Morgan fingerprint density at radius 3 is 2.57 bits per heavy atom. The Kier molecular flexibility index (Phi) is 3.55. The van der Waals surface area contributed by atoms with Crippen molar-refractivity contribution in [1.82, 2.24) is 4.98 Å². The third-order valence-corrected chi connectivity index (χ3v) is 5.45. The van der Waals surface area contributed by atoms with E-state index in [0.29, 0.717) is 11.3 Å². The van der Waals surface area contributed by atoms with Crippen LogP contribution >= 0.6 is 0 Å². The minimum Gasteiger partial charge on any atom is -0.361 e. The van der Waals surface area contributed by atoms with E-state index in [1.54, 1.807) is 24.3 Å². The van der Waals surface area contributed by atoms with E-state index in [9.17, 15) is 8.42 Å². The molecular formula is C17H17NO2S. The molecule has 0 atom stereocenters. The van der Waals surface area contributed by atoms with Gasteiger partial charge >= 0.3 is 0 Å². The number of hydrogen-bond acceptors (Lipinski definition) is 2. The molecule has 21 heavy (non-hydrogen) atoms. The molecule has 0 bridgehead atoms. The number of hydrogen-bond donors (Lipinski definition) is 1. The lowest BCUT2D eigenvalue weighted by Crippen LogP contribution is -2.09. The first kappa shape index (κ1) is 13.9. The van der Waals surface area contributed by atoms with Crippen LogP contribution in [0.5, 0.6) is 0 Å². The lowest BCUT2D eigenvalue weighted by Gasteiger charge is -2.05. The van der Waals surface area contributed by atoms with Crippen molar-refractivity contribution in [3.8, 4) is 0 Å². The van der Waals surface area contributed by atoms with Gasteiger partial charge in [-0.2, -0.15) is 0 Å². The lowest BCUT2D eigenvalue weighted by molar-refractivity contribution is 0.595. The highest BCUT2D eigenvalue weighted by molar-refractivity contribution is 7.91. The lowest BCUT2D eigenvalue weighted by atomic mass is 10.1. The molecule has 3 aromatic rings. The number of rotatable bonds is 4. The predicted molar refractivity (Wildman–Crippen MR) is 85.2 cm³/mol. The molecule has 0 radical (unpaired) electrons. The predicted octanol–water partition coefficient (Wildman–Crippen LogP) is 3.49. The fraction of sp³-hybridized carbons (Fsp3) is 0.176. The summed E-state index contributed by atoms with van der Waals surface area (Å²) in [5, 5.41) is 1.16. The summed E-state index contributed by atoms with van der Waals surface area (Å²) < 4.78 is 24.6. The van der Waals surface area contributed by atoms with Crippen LogP contribution in [0.2, 0.25) is 0 Å². The number of nitrogens with one attached hydrogen (secondary N) is 1. The van der Waals surface area contributed by atoms with Crippen molar-refractivity contribution < 1.29 is 8.42 Å². The summed E-state index contributed by atoms with van der Waals surface area (Å²) in [6.45, 7) is 2.04. The van der Waals surface area contributed by atoms with Crippen molar-refractivity contribution in [3.05, 3.63) is 65.9 Å². The quantitative estimate of drug-likeness (QED) is 0.801. The van der Waals surface area contributed by atoms with Crippen LogP contribution in [0, 0.1) is 6.92 Å². The molecule has 0 saturated heterocycles. The molecule has 0 saturated carbocycles. The summed E-state index contributed by atoms with van der Waals surface area (Å²) in [6, 6.07) is 14.7. The monoisotopic (exact) mass is 299 g/mol. The normalized spacial score (nSPS) is 11.9. The standard InChI is InChI=1S/C17H17NO2S/c1-13-12-18-17-8-7-14(11-16(13)17)9-10-21(19,20)15-5-3-2-4-6-15/h2-8,11-12,18H,9-10H2,1H3. The molecule has 0 aliphatic heterocycles. The first-order chi connectivity index (χ1) is 10.1. The average Bonchev–Trinajstić information content (AvgIpc) is 2.87. The minimum absolute atomic E-state index is 0.131. The van der Waals surface area contributed by atoms with Crippen LogP contribution in [-0.4, -0.2) is 19.2 Å². The van der Waals surface area contributed by atoms with E-state index in [4.69, 9.17) is 0 Å². The molecule has 108 valence electrons. The molecule has 3 rings (SSSR count). The number of aryl methyl sites for hydroxylation is 2. The molecule has 0 amide bonds. The number of H-pyrrole nitrogens is 1. The second-order valence-corrected chi connectivity index (χ2v) is 7.34. The Labute approximate surface area is 124 Å². The summed E-state index contributed by atoms with van der Waals surface area (Å²) >= 11 is 0. The zero-order valence-corrected chi connectivity index (χ0v) is 12.7. The van der Waals surface area contributed by atoms with Gasteiger partial charge in [-0.1, -0.05) is 24.3 Å². The molecule has 2 aromatic carbocycles. The highest BCUT2D eigenvalue weighted by Gasteiger charge is 2.14. The van der Waals surface area contributed by atoms with Crippen LogP contribution < -0.4 is 0 Å². The Morgan fingerprint density at radius 1 is 1.05 bits per heavy atom. The Hall–Kier alpha value is -2.07. The largest absolute Gasteiger partial charge is 0.361 e. The molecule has 1 N–H and O–H groups in total. The average molecular weight is 299 g/mol. The van der Waals surface area contributed by atoms with Gasteiger partial charge in [-0.05, 0) is 48.7 Å². The van der Waals surface area contributed by atoms with Gasteiger partial charge in [0, 0.05) is 17.1 Å². The number of aromatic amines is 1. The first-order valence-corrected chi connectivity index (χ1v) is 8.56. The molecule has 1 heterocycles. The van der Waals surface area contributed by atoms with Crippen molar-refractivity contribution in [2.45, 2.75) is 18.2 Å². The first-order valence-electron chi connectivity index (χ1n) is 6.91. The van der Waals surface area contributed by atoms with E-state index in [1.165, 1.54) is 5.56 Å². The van der Waals surface area contributed by atoms with Gasteiger partial charge in [0.05, 0.1) is 10.6 Å². The molecule has 0 unspecified atom stereocenters. The zero-order chi connectivity index (χ0) is 14.9. The molecule has 4 heteroatoms. The van der Waals surface area contributed by atoms with E-state index >= 15 is 0 Å². The number of benzene rings is 2. The van der Waals surface area contributed by atoms with Gasteiger partial charge < -0.3 is 4.98 Å². The Bertz CT molecular complexity index is 864. The van der Waals surface area contributed by atoms with E-state index in [0.717, 1.165) is 16.5 Å². The minimum atomic E-state index is -3.22. The van der Waals surface area contributed by atoms with E-state index in [2.05, 4.69) is 11.1 Å². The van der Waals surface area contributed by atoms with Crippen LogP contribution in [0.4, 0.5) is 0 Å². The van der Waals surface area contributed by atoms with Gasteiger partial charge in [0.1, 0.15) is 0 Å². The van der Waals surface area contributed by atoms with Crippen molar-refractivity contribution in [2.75, 3.05) is 5.75 Å². The van der Waals surface area contributed by atoms with Gasteiger partial charge in [-0.3, -0.25) is 0 Å². The summed E-state index contributed by atoms with van der Waals surface area (Å²) in [6.07, 6.45) is 2.49. The highest BCUT2D eigenvalue weighted by atomic mass is 32.2. The van der Waals surface area contributed by atoms with Gasteiger partial charge in [-0.15, -0.1) is 0 Å². The van der Waals surface area contributed by atoms with Crippen molar-refractivity contribution in [2.24, 2.45) is 0 Å². The molecule has 0 aliphatic rings. The second-order valence-electron chi connectivity index (χ2n) is 5.23. The van der Waals surface area contributed by atoms with Crippen molar-refractivity contribution in [1.29, 1.82) is 0 Å². The van der Waals surface area contributed by atoms with Crippen LogP contribution in [0.25, 0.3) is 10.9 Å². The summed E-state index contributed by atoms with van der Waals surface area (Å²) in [5.41, 5.74) is 3.31. The van der Waals surface area contributed by atoms with Gasteiger partial charge in [-0.25, -0.2) is 8.42 Å². The van der Waals surface area contributed by atoms with Gasteiger partial charge in [0.15, 0.2) is 9.84 Å². The molecular weight excluding hydrogens is 282 g/mol. The maximum atomic E-state index is 12.3. The van der Waals surface area contributed by atoms with Gasteiger partial charge in [0.2, 0.25) is 0 Å². The Morgan fingerprint density at radius 2 is 1.81 bits per heavy atom. The summed E-state index contributed by atoms with van der Waals surface area (Å²) in [4.78, 5) is 3.59. The highest BCUT2D eigenvalue weighted by Crippen LogP contribution is 2.20. The molecule has 0 aliphatic carbocycles.